The molecule has 0 aliphatic carbocycles. The van der Waals surface area contributed by atoms with Crippen molar-refractivity contribution in [3.05, 3.63) is 58.0 Å². The average Bonchev–Trinajstić information content (AvgIpc) is 2.93. The van der Waals surface area contributed by atoms with Crippen molar-refractivity contribution < 1.29 is 9.53 Å². The first-order chi connectivity index (χ1) is 11.9. The van der Waals surface area contributed by atoms with Gasteiger partial charge in [0.05, 0.1) is 11.0 Å². The molecule has 0 saturated heterocycles. The number of amides is 1. The Hall–Kier alpha value is -3.02. The van der Waals surface area contributed by atoms with Crippen molar-refractivity contribution in [2.75, 3.05) is 11.9 Å². The zero-order chi connectivity index (χ0) is 18.0. The summed E-state index contributed by atoms with van der Waals surface area (Å²) >= 11 is 0. The number of ether oxygens (including phenoxy) is 1. The molecule has 6 nitrogen and oxygen atoms in total. The number of aryl methyl sites for hydroxylation is 1. The molecule has 0 bridgehead atoms. The fourth-order valence-corrected chi connectivity index (χ4v) is 2.58. The zero-order valence-corrected chi connectivity index (χ0v) is 14.5. The van der Waals surface area contributed by atoms with E-state index in [1.165, 1.54) is 5.56 Å². The van der Waals surface area contributed by atoms with Crippen LogP contribution in [-0.2, 0) is 4.79 Å². The third-order valence-electron chi connectivity index (χ3n) is 4.04. The summed E-state index contributed by atoms with van der Waals surface area (Å²) in [5, 5.41) is 2.77. The third kappa shape index (κ3) is 3.91. The number of aromatic amines is 2. The molecule has 0 fully saturated rings. The lowest BCUT2D eigenvalue weighted by Gasteiger charge is -2.13. The second-order valence-corrected chi connectivity index (χ2v) is 6.36. The minimum Gasteiger partial charge on any atom is -0.483 e. The third-order valence-corrected chi connectivity index (χ3v) is 4.04. The van der Waals surface area contributed by atoms with E-state index in [0.29, 0.717) is 28.4 Å². The molecule has 0 atom stereocenters. The van der Waals surface area contributed by atoms with Gasteiger partial charge in [0.15, 0.2) is 6.61 Å². The smallest absolute Gasteiger partial charge is 0.323 e. The topological polar surface area (TPSA) is 87.0 Å². The number of carbonyl (C=O) groups is 1. The number of anilines is 1. The van der Waals surface area contributed by atoms with Crippen molar-refractivity contribution in [2.45, 2.75) is 26.7 Å². The van der Waals surface area contributed by atoms with Crippen LogP contribution >= 0.6 is 0 Å². The molecule has 1 aromatic heterocycles. The number of fused-ring (bicyclic) bond motifs is 1. The molecule has 0 spiro atoms. The molecule has 1 amide bonds. The summed E-state index contributed by atoms with van der Waals surface area (Å²) < 4.78 is 5.68. The minimum absolute atomic E-state index is 0.0793. The van der Waals surface area contributed by atoms with E-state index in [-0.39, 0.29) is 18.2 Å². The van der Waals surface area contributed by atoms with Crippen LogP contribution in [0.1, 0.15) is 30.9 Å². The van der Waals surface area contributed by atoms with Crippen LogP contribution in [0.15, 0.2) is 41.2 Å². The second kappa shape index (κ2) is 6.84. The van der Waals surface area contributed by atoms with Crippen molar-refractivity contribution in [1.82, 2.24) is 9.97 Å². The second-order valence-electron chi connectivity index (χ2n) is 6.36. The molecule has 2 aromatic carbocycles. The zero-order valence-electron chi connectivity index (χ0n) is 14.5. The van der Waals surface area contributed by atoms with Gasteiger partial charge in [-0.15, -0.1) is 0 Å². The van der Waals surface area contributed by atoms with Crippen molar-refractivity contribution in [1.29, 1.82) is 0 Å². The van der Waals surface area contributed by atoms with Crippen LogP contribution in [0.2, 0.25) is 0 Å². The molecule has 3 N–H and O–H groups in total. The van der Waals surface area contributed by atoms with Gasteiger partial charge >= 0.3 is 5.69 Å². The first kappa shape index (κ1) is 16.8. The van der Waals surface area contributed by atoms with Gasteiger partial charge in [-0.3, -0.25) is 4.79 Å². The van der Waals surface area contributed by atoms with Crippen LogP contribution in [0.4, 0.5) is 5.69 Å². The Kier molecular flexibility index (Phi) is 4.61. The number of H-pyrrole nitrogens is 2. The number of carbonyl (C=O) groups excluding carboxylic acids is 1. The van der Waals surface area contributed by atoms with Gasteiger partial charge in [0, 0.05) is 5.69 Å². The molecule has 0 unspecified atom stereocenters. The van der Waals surface area contributed by atoms with Crippen LogP contribution in [0.5, 0.6) is 5.75 Å². The van der Waals surface area contributed by atoms with Crippen LogP contribution in [0.25, 0.3) is 11.0 Å². The number of hydrogen-bond acceptors (Lipinski definition) is 3. The molecule has 3 aromatic rings. The maximum absolute atomic E-state index is 12.1. The van der Waals surface area contributed by atoms with Crippen LogP contribution in [0.3, 0.4) is 0 Å². The summed E-state index contributed by atoms with van der Waals surface area (Å²) in [5.74, 6) is 0.852. The Morgan fingerprint density at radius 2 is 1.88 bits per heavy atom. The first-order valence-corrected chi connectivity index (χ1v) is 8.17. The molecule has 25 heavy (non-hydrogen) atoms. The van der Waals surface area contributed by atoms with Gasteiger partial charge in [-0.2, -0.15) is 0 Å². The highest BCUT2D eigenvalue weighted by molar-refractivity contribution is 5.93. The highest BCUT2D eigenvalue weighted by Gasteiger charge is 2.09. The molecule has 130 valence electrons. The lowest BCUT2D eigenvalue weighted by Crippen LogP contribution is -2.20. The van der Waals surface area contributed by atoms with Gasteiger partial charge in [-0.1, -0.05) is 26.0 Å². The predicted octanol–water partition coefficient (Wildman–Crippen LogP) is 3.31. The molecule has 0 radical (unpaired) electrons. The Balaban J connectivity index is 1.66. The van der Waals surface area contributed by atoms with Gasteiger partial charge < -0.3 is 20.0 Å². The van der Waals surface area contributed by atoms with E-state index < -0.39 is 0 Å². The number of rotatable bonds is 5. The van der Waals surface area contributed by atoms with E-state index in [2.05, 4.69) is 35.2 Å². The number of nitrogens with one attached hydrogen (secondary N) is 3. The Labute approximate surface area is 145 Å². The van der Waals surface area contributed by atoms with E-state index in [0.717, 1.165) is 5.56 Å². The maximum atomic E-state index is 12.1. The van der Waals surface area contributed by atoms with E-state index in [1.54, 1.807) is 18.2 Å². The molecule has 0 aliphatic heterocycles. The summed E-state index contributed by atoms with van der Waals surface area (Å²) in [4.78, 5) is 28.7. The van der Waals surface area contributed by atoms with Crippen LogP contribution in [-0.4, -0.2) is 22.5 Å². The first-order valence-electron chi connectivity index (χ1n) is 8.17. The summed E-state index contributed by atoms with van der Waals surface area (Å²) in [6, 6.07) is 11.2. The Bertz CT molecular complexity index is 969. The van der Waals surface area contributed by atoms with Crippen LogP contribution in [0, 0.1) is 6.92 Å². The van der Waals surface area contributed by atoms with Crippen molar-refractivity contribution >= 4 is 22.6 Å². The molecule has 6 heteroatoms. The van der Waals surface area contributed by atoms with Gasteiger partial charge in [0.2, 0.25) is 0 Å². The maximum Gasteiger partial charge on any atom is 0.323 e. The number of hydrogen-bond donors (Lipinski definition) is 3. The number of aromatic nitrogens is 2. The molecule has 0 aliphatic rings. The molecule has 1 heterocycles. The van der Waals surface area contributed by atoms with Crippen LogP contribution < -0.4 is 15.7 Å². The highest BCUT2D eigenvalue weighted by Crippen LogP contribution is 2.24. The SMILES string of the molecule is Cc1ccc(C(C)C)cc1OCC(=O)Nc1ccc2[nH]c(=O)[nH]c2c1. The van der Waals surface area contributed by atoms with Crippen molar-refractivity contribution in [2.24, 2.45) is 0 Å². The fraction of sp³-hybridized carbons (Fsp3) is 0.263. The van der Waals surface area contributed by atoms with E-state index in [1.807, 2.05) is 19.1 Å². The molecule has 3 rings (SSSR count). The largest absolute Gasteiger partial charge is 0.483 e. The normalized spacial score (nSPS) is 11.0. The monoisotopic (exact) mass is 339 g/mol. The van der Waals surface area contributed by atoms with Crippen molar-refractivity contribution in [3.63, 3.8) is 0 Å². The van der Waals surface area contributed by atoms with Gasteiger partial charge in [-0.25, -0.2) is 4.79 Å². The predicted molar refractivity (Wildman–Crippen MR) is 98.3 cm³/mol. The number of imidazole rings is 1. The summed E-state index contributed by atoms with van der Waals surface area (Å²) in [5.41, 5.74) is 3.82. The molecular formula is C19H21N3O3. The summed E-state index contributed by atoms with van der Waals surface area (Å²) in [6.45, 7) is 6.10. The Morgan fingerprint density at radius 1 is 1.12 bits per heavy atom. The lowest BCUT2D eigenvalue weighted by molar-refractivity contribution is -0.118. The number of benzene rings is 2. The standard InChI is InChI=1S/C19H21N3O3/c1-11(2)13-5-4-12(3)17(8-13)25-10-18(23)20-14-6-7-15-16(9-14)22-19(24)21-15/h4-9,11H,10H2,1-3H3,(H,20,23)(H2,21,22,24). The average molecular weight is 339 g/mol. The van der Waals surface area contributed by atoms with E-state index in [4.69, 9.17) is 4.74 Å². The highest BCUT2D eigenvalue weighted by atomic mass is 16.5. The van der Waals surface area contributed by atoms with Crippen molar-refractivity contribution in [3.8, 4) is 5.75 Å². The minimum atomic E-state index is -0.276. The van der Waals surface area contributed by atoms with Gasteiger partial charge in [0.25, 0.3) is 5.91 Å². The van der Waals surface area contributed by atoms with Gasteiger partial charge in [0.1, 0.15) is 5.75 Å². The quantitative estimate of drug-likeness (QED) is 0.666. The fourth-order valence-electron chi connectivity index (χ4n) is 2.58. The van der Waals surface area contributed by atoms with E-state index >= 15 is 0 Å². The summed E-state index contributed by atoms with van der Waals surface area (Å²) in [7, 11) is 0. The molecule has 0 saturated carbocycles. The van der Waals surface area contributed by atoms with Gasteiger partial charge in [-0.05, 0) is 48.2 Å². The Morgan fingerprint density at radius 3 is 2.64 bits per heavy atom. The summed E-state index contributed by atoms with van der Waals surface area (Å²) in [6.07, 6.45) is 0. The lowest BCUT2D eigenvalue weighted by atomic mass is 10.0. The molecular weight excluding hydrogens is 318 g/mol. The van der Waals surface area contributed by atoms with E-state index in [9.17, 15) is 9.59 Å².